The molecule has 0 heterocycles. The molecule has 0 saturated heterocycles. The van der Waals surface area contributed by atoms with Crippen LogP contribution in [-0.4, -0.2) is 40.8 Å². The number of aliphatic hydroxyl groups is 1. The molecule has 0 aliphatic heterocycles. The predicted octanol–water partition coefficient (Wildman–Crippen LogP) is 1.73. The van der Waals surface area contributed by atoms with Crippen LogP contribution in [0.2, 0.25) is 0 Å². The van der Waals surface area contributed by atoms with Crippen LogP contribution >= 0.6 is 0 Å². The van der Waals surface area contributed by atoms with Gasteiger partial charge in [0.25, 0.3) is 0 Å². The molecule has 0 aromatic rings. The van der Waals surface area contributed by atoms with E-state index in [9.17, 15) is 4.79 Å². The number of carbonyl (C=O) groups excluding carboxylic acids is 1. The Balaban J connectivity index is 2.57. The summed E-state index contributed by atoms with van der Waals surface area (Å²) in [6.45, 7) is 6.38. The minimum atomic E-state index is -0.219. The van der Waals surface area contributed by atoms with Crippen molar-refractivity contribution < 1.29 is 9.90 Å². The molecule has 94 valence electrons. The summed E-state index contributed by atoms with van der Waals surface area (Å²) >= 11 is 0. The molecule has 2 N–H and O–H groups in total. The molecule has 0 aromatic heterocycles. The third-order valence-corrected chi connectivity index (χ3v) is 2.85. The van der Waals surface area contributed by atoms with E-state index >= 15 is 0 Å². The average molecular weight is 228 g/mol. The number of amides is 2. The van der Waals surface area contributed by atoms with Gasteiger partial charge in [-0.25, -0.2) is 4.79 Å². The fourth-order valence-electron chi connectivity index (χ4n) is 2.17. The minimum Gasteiger partial charge on any atom is -0.395 e. The van der Waals surface area contributed by atoms with Gasteiger partial charge in [-0.1, -0.05) is 12.8 Å². The topological polar surface area (TPSA) is 52.6 Å². The standard InChI is InChI=1S/C12H24N2O2/c1-12(2,3)13-11(16)14(8-9-15)10-6-4-5-7-10/h10,15H,4-9H2,1-3H3,(H,13,16). The number of nitrogens with zero attached hydrogens (tertiary/aromatic N) is 1. The highest BCUT2D eigenvalue weighted by Gasteiger charge is 2.28. The molecule has 1 saturated carbocycles. The number of rotatable bonds is 3. The van der Waals surface area contributed by atoms with E-state index in [-0.39, 0.29) is 18.2 Å². The zero-order valence-electron chi connectivity index (χ0n) is 10.6. The Labute approximate surface area is 98.0 Å². The molecule has 0 unspecified atom stereocenters. The first-order valence-electron chi connectivity index (χ1n) is 6.13. The predicted molar refractivity (Wildman–Crippen MR) is 64.3 cm³/mol. The second kappa shape index (κ2) is 5.53. The molecule has 1 rings (SSSR count). The SMILES string of the molecule is CC(C)(C)NC(=O)N(CCO)C1CCCC1. The maximum absolute atomic E-state index is 12.0. The van der Waals surface area contributed by atoms with Crippen LogP contribution in [0, 0.1) is 0 Å². The van der Waals surface area contributed by atoms with Crippen molar-refractivity contribution in [1.29, 1.82) is 0 Å². The number of hydrogen-bond acceptors (Lipinski definition) is 2. The van der Waals surface area contributed by atoms with Gasteiger partial charge in [-0.05, 0) is 33.6 Å². The maximum Gasteiger partial charge on any atom is 0.318 e. The summed E-state index contributed by atoms with van der Waals surface area (Å²) in [6, 6.07) is 0.267. The molecule has 2 amide bonds. The van der Waals surface area contributed by atoms with Gasteiger partial charge in [-0.15, -0.1) is 0 Å². The van der Waals surface area contributed by atoms with Gasteiger partial charge in [0, 0.05) is 18.1 Å². The third kappa shape index (κ3) is 4.00. The van der Waals surface area contributed by atoms with E-state index < -0.39 is 0 Å². The van der Waals surface area contributed by atoms with Crippen molar-refractivity contribution in [2.75, 3.05) is 13.2 Å². The summed E-state index contributed by atoms with van der Waals surface area (Å²) in [5.74, 6) is 0. The highest BCUT2D eigenvalue weighted by Crippen LogP contribution is 2.23. The van der Waals surface area contributed by atoms with Crippen molar-refractivity contribution in [3.05, 3.63) is 0 Å². The van der Waals surface area contributed by atoms with Crippen LogP contribution < -0.4 is 5.32 Å². The molecule has 16 heavy (non-hydrogen) atoms. The third-order valence-electron chi connectivity index (χ3n) is 2.85. The lowest BCUT2D eigenvalue weighted by molar-refractivity contribution is 0.146. The largest absolute Gasteiger partial charge is 0.395 e. The first-order valence-corrected chi connectivity index (χ1v) is 6.13. The lowest BCUT2D eigenvalue weighted by Gasteiger charge is -2.32. The van der Waals surface area contributed by atoms with Gasteiger partial charge in [0.2, 0.25) is 0 Å². The summed E-state index contributed by atoms with van der Waals surface area (Å²) in [5, 5.41) is 12.0. The smallest absolute Gasteiger partial charge is 0.318 e. The molecule has 0 radical (unpaired) electrons. The van der Waals surface area contributed by atoms with Crippen molar-refractivity contribution >= 4 is 6.03 Å². The number of aliphatic hydroxyl groups excluding tert-OH is 1. The van der Waals surface area contributed by atoms with E-state index in [0.717, 1.165) is 12.8 Å². The average Bonchev–Trinajstić information content (AvgIpc) is 2.63. The van der Waals surface area contributed by atoms with Gasteiger partial charge in [-0.3, -0.25) is 0 Å². The van der Waals surface area contributed by atoms with E-state index in [4.69, 9.17) is 5.11 Å². The van der Waals surface area contributed by atoms with Crippen LogP contribution in [0.3, 0.4) is 0 Å². The van der Waals surface area contributed by atoms with Crippen molar-refractivity contribution in [3.63, 3.8) is 0 Å². The number of carbonyl (C=O) groups is 1. The van der Waals surface area contributed by atoms with E-state index in [0.29, 0.717) is 12.6 Å². The summed E-state index contributed by atoms with van der Waals surface area (Å²) in [4.78, 5) is 13.8. The van der Waals surface area contributed by atoms with Crippen LogP contribution in [-0.2, 0) is 0 Å². The van der Waals surface area contributed by atoms with E-state index in [1.54, 1.807) is 4.90 Å². The van der Waals surface area contributed by atoms with Gasteiger partial charge < -0.3 is 15.3 Å². The van der Waals surface area contributed by atoms with Crippen LogP contribution in [0.5, 0.6) is 0 Å². The van der Waals surface area contributed by atoms with Crippen LogP contribution in [0.1, 0.15) is 46.5 Å². The Bertz CT molecular complexity index is 230. The summed E-state index contributed by atoms with van der Waals surface area (Å²) in [5.41, 5.74) is -0.219. The molecule has 1 fully saturated rings. The molecule has 0 atom stereocenters. The maximum atomic E-state index is 12.0. The Morgan fingerprint density at radius 2 is 1.94 bits per heavy atom. The Morgan fingerprint density at radius 3 is 2.38 bits per heavy atom. The minimum absolute atomic E-state index is 0.0358. The zero-order chi connectivity index (χ0) is 12.2. The fourth-order valence-corrected chi connectivity index (χ4v) is 2.17. The first-order chi connectivity index (χ1) is 7.44. The normalized spacial score (nSPS) is 17.5. The number of urea groups is 1. The van der Waals surface area contributed by atoms with Crippen molar-refractivity contribution in [2.24, 2.45) is 0 Å². The van der Waals surface area contributed by atoms with Crippen molar-refractivity contribution in [1.82, 2.24) is 10.2 Å². The quantitative estimate of drug-likeness (QED) is 0.773. The van der Waals surface area contributed by atoms with E-state index in [2.05, 4.69) is 5.32 Å². The molecule has 0 bridgehead atoms. The Kier molecular flexibility index (Phi) is 4.59. The summed E-state index contributed by atoms with van der Waals surface area (Å²) < 4.78 is 0. The second-order valence-corrected chi connectivity index (χ2v) is 5.54. The molecule has 0 aromatic carbocycles. The van der Waals surface area contributed by atoms with Gasteiger partial charge in [0.1, 0.15) is 0 Å². The zero-order valence-corrected chi connectivity index (χ0v) is 10.6. The second-order valence-electron chi connectivity index (χ2n) is 5.54. The summed E-state index contributed by atoms with van der Waals surface area (Å²) in [6.07, 6.45) is 4.51. The van der Waals surface area contributed by atoms with Crippen molar-refractivity contribution in [3.8, 4) is 0 Å². The number of nitrogens with one attached hydrogen (secondary N) is 1. The highest BCUT2D eigenvalue weighted by molar-refractivity contribution is 5.75. The molecule has 4 heteroatoms. The Hall–Kier alpha value is -0.770. The summed E-state index contributed by atoms with van der Waals surface area (Å²) in [7, 11) is 0. The molecule has 1 aliphatic carbocycles. The van der Waals surface area contributed by atoms with Crippen LogP contribution in [0.4, 0.5) is 4.79 Å². The van der Waals surface area contributed by atoms with Crippen molar-refractivity contribution in [2.45, 2.75) is 58.0 Å². The van der Waals surface area contributed by atoms with Gasteiger partial charge >= 0.3 is 6.03 Å². The Morgan fingerprint density at radius 1 is 1.38 bits per heavy atom. The monoisotopic (exact) mass is 228 g/mol. The lowest BCUT2D eigenvalue weighted by Crippen LogP contribution is -2.52. The van der Waals surface area contributed by atoms with Gasteiger partial charge in [-0.2, -0.15) is 0 Å². The fraction of sp³-hybridized carbons (Fsp3) is 0.917. The molecular formula is C12H24N2O2. The highest BCUT2D eigenvalue weighted by atomic mass is 16.3. The van der Waals surface area contributed by atoms with E-state index in [1.165, 1.54) is 12.8 Å². The van der Waals surface area contributed by atoms with Gasteiger partial charge in [0.05, 0.1) is 6.61 Å². The van der Waals surface area contributed by atoms with Gasteiger partial charge in [0.15, 0.2) is 0 Å². The molecule has 4 nitrogen and oxygen atoms in total. The van der Waals surface area contributed by atoms with E-state index in [1.807, 2.05) is 20.8 Å². The van der Waals surface area contributed by atoms with Crippen LogP contribution in [0.15, 0.2) is 0 Å². The van der Waals surface area contributed by atoms with Crippen LogP contribution in [0.25, 0.3) is 0 Å². The first kappa shape index (κ1) is 13.3. The number of hydrogen-bond donors (Lipinski definition) is 2. The molecule has 1 aliphatic rings. The molecule has 0 spiro atoms. The molecular weight excluding hydrogens is 204 g/mol. The lowest BCUT2D eigenvalue weighted by atomic mass is 10.1.